The highest BCUT2D eigenvalue weighted by atomic mass is 19.1. The van der Waals surface area contributed by atoms with Gasteiger partial charge in [-0.15, -0.1) is 0 Å². The van der Waals surface area contributed by atoms with E-state index in [0.29, 0.717) is 23.4 Å². The number of benzene rings is 1. The van der Waals surface area contributed by atoms with Crippen LogP contribution in [0.1, 0.15) is 12.8 Å². The molecule has 2 unspecified atom stereocenters. The van der Waals surface area contributed by atoms with Gasteiger partial charge in [-0.1, -0.05) is 0 Å². The van der Waals surface area contributed by atoms with Crippen LogP contribution in [0.5, 0.6) is 11.5 Å². The van der Waals surface area contributed by atoms with E-state index in [9.17, 15) is 4.39 Å². The molecule has 5 rings (SSSR count). The Morgan fingerprint density at radius 2 is 2.12 bits per heavy atom. The fourth-order valence-electron chi connectivity index (χ4n) is 3.62. The fraction of sp³-hybridized carbons (Fsp3) is 0.500. The van der Waals surface area contributed by atoms with Crippen LogP contribution in [-0.4, -0.2) is 49.4 Å². The summed E-state index contributed by atoms with van der Waals surface area (Å²) in [5.41, 5.74) is 6.25. The second kappa shape index (κ2) is 5.62. The number of halogens is 1. The maximum absolute atomic E-state index is 14.9. The number of aromatic nitrogens is 2. The molecule has 0 radical (unpaired) electrons. The van der Waals surface area contributed by atoms with Crippen LogP contribution in [0, 0.1) is 5.82 Å². The van der Waals surface area contributed by atoms with Crippen molar-refractivity contribution in [2.24, 2.45) is 0 Å². The van der Waals surface area contributed by atoms with Crippen molar-refractivity contribution in [1.82, 2.24) is 15.3 Å². The van der Waals surface area contributed by atoms with Gasteiger partial charge in [0.15, 0.2) is 17.3 Å². The van der Waals surface area contributed by atoms with Crippen molar-refractivity contribution in [2.75, 3.05) is 37.9 Å². The number of anilines is 2. The molecule has 3 aliphatic rings. The van der Waals surface area contributed by atoms with Crippen molar-refractivity contribution in [2.45, 2.75) is 24.9 Å². The van der Waals surface area contributed by atoms with Crippen LogP contribution in [0.2, 0.25) is 0 Å². The van der Waals surface area contributed by atoms with Crippen LogP contribution in [-0.2, 0) is 0 Å². The van der Waals surface area contributed by atoms with Gasteiger partial charge >= 0.3 is 0 Å². The molecule has 2 atom stereocenters. The molecule has 8 heteroatoms. The molecule has 2 aromatic rings. The molecule has 128 valence electrons. The quantitative estimate of drug-likeness (QED) is 0.876. The first kappa shape index (κ1) is 15.2. The molecule has 7 nitrogen and oxygen atoms in total. The Morgan fingerprint density at radius 3 is 2.71 bits per heavy atom. The molecule has 0 saturated carbocycles. The number of methoxy groups -OCH3 is 2. The zero-order chi connectivity index (χ0) is 16.8. The standard InChI is InChI=1S/C16H20FN5O2/c1-23-11-5-10-13(12(17)14(11)24-2)20-16(21-15(10)18)22-7-8-3-4-9(22)6-19-8/h5,8-9,19H,3-4,6-7H2,1-2H3,(H2,18,20,21). The van der Waals surface area contributed by atoms with Crippen molar-refractivity contribution >= 4 is 22.7 Å². The summed E-state index contributed by atoms with van der Waals surface area (Å²) in [4.78, 5) is 11.0. The number of piperidine rings is 2. The maximum Gasteiger partial charge on any atom is 0.228 e. The van der Waals surface area contributed by atoms with E-state index in [4.69, 9.17) is 15.2 Å². The molecule has 0 amide bonds. The molecule has 3 fully saturated rings. The molecule has 2 bridgehead atoms. The Hall–Kier alpha value is -2.35. The van der Waals surface area contributed by atoms with Gasteiger partial charge in [0.05, 0.1) is 14.2 Å². The van der Waals surface area contributed by atoms with Gasteiger partial charge in [0, 0.05) is 30.6 Å². The highest BCUT2D eigenvalue weighted by Crippen LogP contribution is 2.38. The minimum atomic E-state index is -0.581. The lowest BCUT2D eigenvalue weighted by Gasteiger charge is -2.45. The summed E-state index contributed by atoms with van der Waals surface area (Å²) in [6.07, 6.45) is 2.22. The number of nitrogens with zero attached hydrogens (tertiary/aromatic N) is 3. The lowest BCUT2D eigenvalue weighted by Crippen LogP contribution is -2.61. The second-order valence-corrected chi connectivity index (χ2v) is 6.22. The zero-order valence-electron chi connectivity index (χ0n) is 13.7. The van der Waals surface area contributed by atoms with E-state index >= 15 is 0 Å². The van der Waals surface area contributed by atoms with E-state index in [2.05, 4.69) is 20.2 Å². The Morgan fingerprint density at radius 1 is 1.29 bits per heavy atom. The van der Waals surface area contributed by atoms with Crippen LogP contribution in [0.3, 0.4) is 0 Å². The van der Waals surface area contributed by atoms with Gasteiger partial charge in [-0.3, -0.25) is 0 Å². The topological polar surface area (TPSA) is 85.5 Å². The van der Waals surface area contributed by atoms with Crippen molar-refractivity contribution in [3.63, 3.8) is 0 Å². The highest BCUT2D eigenvalue weighted by Gasteiger charge is 2.35. The molecule has 1 aromatic heterocycles. The third-order valence-electron chi connectivity index (χ3n) is 4.90. The summed E-state index contributed by atoms with van der Waals surface area (Å²) in [5.74, 6) is 0.428. The van der Waals surface area contributed by atoms with Crippen molar-refractivity contribution in [3.05, 3.63) is 11.9 Å². The number of hydrogen-bond acceptors (Lipinski definition) is 7. The highest BCUT2D eigenvalue weighted by molar-refractivity contribution is 5.92. The average molecular weight is 333 g/mol. The normalized spacial score (nSPS) is 22.9. The van der Waals surface area contributed by atoms with E-state index in [1.165, 1.54) is 14.2 Å². The average Bonchev–Trinajstić information content (AvgIpc) is 2.62. The molecule has 3 N–H and O–H groups in total. The summed E-state index contributed by atoms with van der Waals surface area (Å²) in [6, 6.07) is 2.35. The van der Waals surface area contributed by atoms with Crippen LogP contribution in [0.4, 0.5) is 16.2 Å². The molecular weight excluding hydrogens is 313 g/mol. The van der Waals surface area contributed by atoms with Gasteiger partial charge in [0.1, 0.15) is 11.3 Å². The van der Waals surface area contributed by atoms with Crippen molar-refractivity contribution in [3.8, 4) is 11.5 Å². The smallest absolute Gasteiger partial charge is 0.228 e. The summed E-state index contributed by atoms with van der Waals surface area (Å²) in [5, 5.41) is 3.90. The molecule has 24 heavy (non-hydrogen) atoms. The van der Waals surface area contributed by atoms with Gasteiger partial charge in [-0.05, 0) is 18.9 Å². The van der Waals surface area contributed by atoms with Gasteiger partial charge in [0.2, 0.25) is 5.95 Å². The van der Waals surface area contributed by atoms with Gasteiger partial charge in [0.25, 0.3) is 0 Å². The van der Waals surface area contributed by atoms with E-state index in [-0.39, 0.29) is 22.8 Å². The van der Waals surface area contributed by atoms with Gasteiger partial charge in [-0.2, -0.15) is 4.98 Å². The maximum atomic E-state index is 14.9. The second-order valence-electron chi connectivity index (χ2n) is 6.22. The summed E-state index contributed by atoms with van der Waals surface area (Å²) in [7, 11) is 2.85. The molecule has 3 saturated heterocycles. The first-order valence-corrected chi connectivity index (χ1v) is 8.00. The lowest BCUT2D eigenvalue weighted by atomic mass is 9.93. The van der Waals surface area contributed by atoms with Crippen molar-refractivity contribution < 1.29 is 13.9 Å². The molecular formula is C16H20FN5O2. The Bertz CT molecular complexity index is 792. The van der Waals surface area contributed by atoms with Crippen LogP contribution in [0.25, 0.3) is 10.9 Å². The predicted molar refractivity (Wildman–Crippen MR) is 89.2 cm³/mol. The predicted octanol–water partition coefficient (Wildman–Crippen LogP) is 1.31. The first-order valence-electron chi connectivity index (χ1n) is 8.00. The number of nitrogen functional groups attached to an aromatic ring is 1. The van der Waals surface area contributed by atoms with E-state index in [1.54, 1.807) is 6.07 Å². The molecule has 4 heterocycles. The van der Waals surface area contributed by atoms with E-state index in [0.717, 1.165) is 25.9 Å². The first-order chi connectivity index (χ1) is 11.6. The number of nitrogens with one attached hydrogen (secondary N) is 1. The largest absolute Gasteiger partial charge is 0.493 e. The number of ether oxygens (including phenoxy) is 2. The van der Waals surface area contributed by atoms with Crippen molar-refractivity contribution in [1.29, 1.82) is 0 Å². The summed E-state index contributed by atoms with van der Waals surface area (Å²) in [6.45, 7) is 1.70. The molecule has 1 aromatic carbocycles. The zero-order valence-corrected chi connectivity index (χ0v) is 13.7. The van der Waals surface area contributed by atoms with Crippen LogP contribution >= 0.6 is 0 Å². The Labute approximate surface area is 139 Å². The number of fused-ring (bicyclic) bond motifs is 4. The molecule has 0 spiro atoms. The monoisotopic (exact) mass is 333 g/mol. The van der Waals surface area contributed by atoms with Crippen LogP contribution in [0.15, 0.2) is 6.07 Å². The summed E-state index contributed by atoms with van der Waals surface area (Å²) >= 11 is 0. The molecule has 0 aliphatic carbocycles. The van der Waals surface area contributed by atoms with E-state index in [1.807, 2.05) is 0 Å². The van der Waals surface area contributed by atoms with Gasteiger partial charge in [-0.25, -0.2) is 9.37 Å². The Balaban J connectivity index is 1.86. The number of piperazine rings is 1. The number of hydrogen-bond donors (Lipinski definition) is 2. The SMILES string of the molecule is COc1cc2c(N)nc(N3CC4CCC3CN4)nc2c(F)c1OC. The summed E-state index contributed by atoms with van der Waals surface area (Å²) < 4.78 is 25.1. The van der Waals surface area contributed by atoms with E-state index < -0.39 is 5.82 Å². The van der Waals surface area contributed by atoms with Gasteiger partial charge < -0.3 is 25.4 Å². The van der Waals surface area contributed by atoms with Crippen LogP contribution < -0.4 is 25.4 Å². The number of rotatable bonds is 3. The Kier molecular flexibility index (Phi) is 3.56. The fourth-order valence-corrected chi connectivity index (χ4v) is 3.62. The minimum Gasteiger partial charge on any atom is -0.493 e. The minimum absolute atomic E-state index is 0.0240. The lowest BCUT2D eigenvalue weighted by molar-refractivity contribution is 0.287. The number of nitrogens with two attached hydrogens (primary N) is 1. The third-order valence-corrected chi connectivity index (χ3v) is 4.90. The molecule has 3 aliphatic heterocycles. The third kappa shape index (κ3) is 2.21.